The zero-order valence-electron chi connectivity index (χ0n) is 11.4. The van der Waals surface area contributed by atoms with Gasteiger partial charge in [0.2, 0.25) is 0 Å². The van der Waals surface area contributed by atoms with E-state index in [1.807, 2.05) is 6.92 Å². The van der Waals surface area contributed by atoms with Gasteiger partial charge in [-0.1, -0.05) is 0 Å². The molecule has 0 unspecified atom stereocenters. The number of hydrogen-bond acceptors (Lipinski definition) is 3. The first kappa shape index (κ1) is 16.7. The summed E-state index contributed by atoms with van der Waals surface area (Å²) >= 11 is 0. The molecule has 0 spiro atoms. The van der Waals surface area contributed by atoms with E-state index in [4.69, 9.17) is 9.84 Å². The van der Waals surface area contributed by atoms with Crippen LogP contribution in [0.15, 0.2) is 0 Å². The standard InChI is InChI=1S/C12H24N2O4/c1-4-18-9-5-8-13-11(17)14-12(2,3)7-6-10(15)16/h4-9H2,1-3H3,(H,15,16)(H2,13,14,17). The minimum absolute atomic E-state index is 0.0393. The summed E-state index contributed by atoms with van der Waals surface area (Å²) in [5, 5.41) is 14.0. The molecule has 106 valence electrons. The Morgan fingerprint density at radius 2 is 2.00 bits per heavy atom. The summed E-state index contributed by atoms with van der Waals surface area (Å²) in [7, 11) is 0. The fraction of sp³-hybridized carbons (Fsp3) is 0.833. The number of ether oxygens (including phenoxy) is 1. The van der Waals surface area contributed by atoms with Crippen LogP contribution in [0.5, 0.6) is 0 Å². The molecule has 0 saturated heterocycles. The second kappa shape index (κ2) is 8.74. The molecule has 0 saturated carbocycles. The van der Waals surface area contributed by atoms with E-state index in [0.29, 0.717) is 26.2 Å². The summed E-state index contributed by atoms with van der Waals surface area (Å²) in [5.74, 6) is -0.859. The van der Waals surface area contributed by atoms with Crippen LogP contribution in [-0.2, 0) is 9.53 Å². The predicted molar refractivity (Wildman–Crippen MR) is 68.6 cm³/mol. The Labute approximate surface area is 108 Å². The maximum Gasteiger partial charge on any atom is 0.315 e. The first-order chi connectivity index (χ1) is 8.37. The van der Waals surface area contributed by atoms with Gasteiger partial charge in [0.15, 0.2) is 0 Å². The van der Waals surface area contributed by atoms with Gasteiger partial charge in [0.1, 0.15) is 0 Å². The molecule has 0 fully saturated rings. The van der Waals surface area contributed by atoms with Gasteiger partial charge in [0.25, 0.3) is 0 Å². The van der Waals surface area contributed by atoms with Gasteiger partial charge in [0.05, 0.1) is 0 Å². The number of urea groups is 1. The van der Waals surface area contributed by atoms with E-state index >= 15 is 0 Å². The number of aliphatic carboxylic acids is 1. The van der Waals surface area contributed by atoms with Crippen LogP contribution in [0.1, 0.15) is 40.0 Å². The van der Waals surface area contributed by atoms with Crippen molar-refractivity contribution in [3.8, 4) is 0 Å². The molecule has 0 aliphatic heterocycles. The maximum atomic E-state index is 11.5. The van der Waals surface area contributed by atoms with Gasteiger partial charge in [-0.3, -0.25) is 4.79 Å². The Kier molecular flexibility index (Phi) is 8.11. The van der Waals surface area contributed by atoms with E-state index in [1.54, 1.807) is 13.8 Å². The molecule has 2 amide bonds. The first-order valence-electron chi connectivity index (χ1n) is 6.23. The van der Waals surface area contributed by atoms with E-state index < -0.39 is 11.5 Å². The lowest BCUT2D eigenvalue weighted by Gasteiger charge is -2.25. The van der Waals surface area contributed by atoms with Gasteiger partial charge in [-0.25, -0.2) is 4.79 Å². The summed E-state index contributed by atoms with van der Waals surface area (Å²) < 4.78 is 5.14. The highest BCUT2D eigenvalue weighted by Crippen LogP contribution is 2.10. The topological polar surface area (TPSA) is 87.7 Å². The van der Waals surface area contributed by atoms with E-state index in [-0.39, 0.29) is 12.5 Å². The number of carboxylic acid groups (broad SMARTS) is 1. The van der Waals surface area contributed by atoms with Crippen molar-refractivity contribution >= 4 is 12.0 Å². The van der Waals surface area contributed by atoms with Crippen molar-refractivity contribution < 1.29 is 19.4 Å². The molecule has 0 aromatic heterocycles. The van der Waals surface area contributed by atoms with Crippen LogP contribution in [-0.4, -0.2) is 42.4 Å². The Balaban J connectivity index is 3.74. The van der Waals surface area contributed by atoms with Gasteiger partial charge < -0.3 is 20.5 Å². The Hall–Kier alpha value is -1.30. The van der Waals surface area contributed by atoms with E-state index in [9.17, 15) is 9.59 Å². The van der Waals surface area contributed by atoms with Crippen LogP contribution in [0.3, 0.4) is 0 Å². The fourth-order valence-electron chi connectivity index (χ4n) is 1.35. The highest BCUT2D eigenvalue weighted by molar-refractivity contribution is 5.74. The monoisotopic (exact) mass is 260 g/mol. The summed E-state index contributed by atoms with van der Waals surface area (Å²) in [6, 6.07) is -0.276. The Morgan fingerprint density at radius 1 is 1.33 bits per heavy atom. The Morgan fingerprint density at radius 3 is 2.56 bits per heavy atom. The molecule has 0 bridgehead atoms. The van der Waals surface area contributed by atoms with Crippen molar-refractivity contribution in [3.63, 3.8) is 0 Å². The van der Waals surface area contributed by atoms with Crippen LogP contribution in [0.4, 0.5) is 4.79 Å². The largest absolute Gasteiger partial charge is 0.481 e. The number of nitrogens with one attached hydrogen (secondary N) is 2. The smallest absolute Gasteiger partial charge is 0.315 e. The minimum atomic E-state index is -0.859. The van der Waals surface area contributed by atoms with Crippen molar-refractivity contribution in [3.05, 3.63) is 0 Å². The predicted octanol–water partition coefficient (Wildman–Crippen LogP) is 1.36. The van der Waals surface area contributed by atoms with Crippen LogP contribution >= 0.6 is 0 Å². The molecule has 0 aliphatic rings. The van der Waals surface area contributed by atoms with Crippen LogP contribution < -0.4 is 10.6 Å². The van der Waals surface area contributed by atoms with Gasteiger partial charge in [-0.15, -0.1) is 0 Å². The average molecular weight is 260 g/mol. The fourth-order valence-corrected chi connectivity index (χ4v) is 1.35. The number of carbonyl (C=O) groups excluding carboxylic acids is 1. The van der Waals surface area contributed by atoms with Crippen LogP contribution in [0.2, 0.25) is 0 Å². The van der Waals surface area contributed by atoms with Gasteiger partial charge in [0, 0.05) is 31.7 Å². The van der Waals surface area contributed by atoms with E-state index in [0.717, 1.165) is 6.42 Å². The van der Waals surface area contributed by atoms with Crippen LogP contribution in [0, 0.1) is 0 Å². The van der Waals surface area contributed by atoms with Crippen molar-refractivity contribution in [2.45, 2.75) is 45.6 Å². The average Bonchev–Trinajstić information content (AvgIpc) is 2.26. The molecule has 0 heterocycles. The third kappa shape index (κ3) is 9.89. The quantitative estimate of drug-likeness (QED) is 0.546. The van der Waals surface area contributed by atoms with E-state index in [1.165, 1.54) is 0 Å². The highest BCUT2D eigenvalue weighted by atomic mass is 16.5. The molecule has 0 radical (unpaired) electrons. The second-order valence-electron chi connectivity index (χ2n) is 4.71. The molecule has 18 heavy (non-hydrogen) atoms. The molecule has 0 aromatic rings. The molecule has 0 rings (SSSR count). The lowest BCUT2D eigenvalue weighted by atomic mass is 9.99. The minimum Gasteiger partial charge on any atom is -0.481 e. The molecular weight excluding hydrogens is 236 g/mol. The van der Waals surface area contributed by atoms with Crippen molar-refractivity contribution in [1.29, 1.82) is 0 Å². The SMILES string of the molecule is CCOCCCNC(=O)NC(C)(C)CCC(=O)O. The highest BCUT2D eigenvalue weighted by Gasteiger charge is 2.21. The molecule has 3 N–H and O–H groups in total. The normalized spacial score (nSPS) is 11.1. The van der Waals surface area contributed by atoms with Crippen LogP contribution in [0.25, 0.3) is 0 Å². The molecular formula is C12H24N2O4. The lowest BCUT2D eigenvalue weighted by Crippen LogP contribution is -2.48. The number of carboxylic acids is 1. The molecule has 6 nitrogen and oxygen atoms in total. The Bertz CT molecular complexity index is 267. The first-order valence-corrected chi connectivity index (χ1v) is 6.23. The number of amides is 2. The van der Waals surface area contributed by atoms with E-state index in [2.05, 4.69) is 10.6 Å². The number of carbonyl (C=O) groups is 2. The lowest BCUT2D eigenvalue weighted by molar-refractivity contribution is -0.137. The zero-order valence-corrected chi connectivity index (χ0v) is 11.4. The third-order valence-electron chi connectivity index (χ3n) is 2.37. The van der Waals surface area contributed by atoms with Gasteiger partial charge >= 0.3 is 12.0 Å². The molecule has 0 atom stereocenters. The summed E-state index contributed by atoms with van der Waals surface area (Å²) in [6.45, 7) is 7.37. The number of hydrogen-bond donors (Lipinski definition) is 3. The van der Waals surface area contributed by atoms with Gasteiger partial charge in [-0.05, 0) is 33.6 Å². The summed E-state index contributed by atoms with van der Waals surface area (Å²) in [4.78, 5) is 22.0. The zero-order chi connectivity index (χ0) is 14.0. The summed E-state index contributed by atoms with van der Waals surface area (Å²) in [5.41, 5.74) is -0.525. The second-order valence-corrected chi connectivity index (χ2v) is 4.71. The maximum absolute atomic E-state index is 11.5. The third-order valence-corrected chi connectivity index (χ3v) is 2.37. The van der Waals surface area contributed by atoms with Crippen molar-refractivity contribution in [1.82, 2.24) is 10.6 Å². The van der Waals surface area contributed by atoms with Gasteiger partial charge in [-0.2, -0.15) is 0 Å². The van der Waals surface area contributed by atoms with Crippen molar-refractivity contribution in [2.24, 2.45) is 0 Å². The van der Waals surface area contributed by atoms with Crippen molar-refractivity contribution in [2.75, 3.05) is 19.8 Å². The molecule has 6 heteroatoms. The number of rotatable bonds is 9. The molecule has 0 aromatic carbocycles. The summed E-state index contributed by atoms with van der Waals surface area (Å²) in [6.07, 6.45) is 1.20. The molecule has 0 aliphatic carbocycles.